The Morgan fingerprint density at radius 2 is 1.84 bits per heavy atom. The van der Waals surface area contributed by atoms with Gasteiger partial charge in [-0.05, 0) is 64.0 Å². The number of nitrogens with zero attached hydrogens (tertiary/aromatic N) is 1. The molecule has 3 fully saturated rings. The lowest BCUT2D eigenvalue weighted by Gasteiger charge is -2.48. The number of carbonyl (C=O) groups is 1. The van der Waals surface area contributed by atoms with Gasteiger partial charge in [0.15, 0.2) is 0 Å². The first-order valence-electron chi connectivity index (χ1n) is 9.56. The van der Waals surface area contributed by atoms with Gasteiger partial charge in [0.25, 0.3) is 0 Å². The van der Waals surface area contributed by atoms with Crippen molar-refractivity contribution in [3.63, 3.8) is 0 Å². The fourth-order valence-corrected chi connectivity index (χ4v) is 4.60. The maximum Gasteiger partial charge on any atom is 0.490 e. The molecule has 0 bridgehead atoms. The summed E-state index contributed by atoms with van der Waals surface area (Å²) in [6.07, 6.45) is 7.90. The molecule has 0 saturated carbocycles. The van der Waals surface area contributed by atoms with E-state index in [9.17, 15) is 13.2 Å². The molecule has 3 saturated heterocycles. The van der Waals surface area contributed by atoms with Crippen LogP contribution in [0.3, 0.4) is 0 Å². The first-order valence-corrected chi connectivity index (χ1v) is 9.56. The molecule has 25 heavy (non-hydrogen) atoms. The van der Waals surface area contributed by atoms with Crippen molar-refractivity contribution >= 4 is 5.97 Å². The first-order chi connectivity index (χ1) is 11.8. The van der Waals surface area contributed by atoms with Crippen molar-refractivity contribution < 1.29 is 23.1 Å². The molecule has 4 nitrogen and oxygen atoms in total. The van der Waals surface area contributed by atoms with Crippen LogP contribution in [-0.2, 0) is 4.79 Å². The standard InChI is InChI=1S/C16H30N2.C2HF3O2/c1-13-10-15-7-3-5-9-18(15)16(11-13)12-14-6-2-4-8-17-14;3-2(4,5)1(6)7/h13-17H,2-12H2,1H3;(H,6,7)/t13-,14-,15-,16+;/m0./s1. The highest BCUT2D eigenvalue weighted by Crippen LogP contribution is 2.35. The molecule has 0 aliphatic carbocycles. The second-order valence-corrected chi connectivity index (χ2v) is 7.80. The van der Waals surface area contributed by atoms with Crippen molar-refractivity contribution in [2.75, 3.05) is 13.1 Å². The second-order valence-electron chi connectivity index (χ2n) is 7.80. The molecular weight excluding hydrogens is 333 g/mol. The molecule has 7 heteroatoms. The highest BCUT2D eigenvalue weighted by molar-refractivity contribution is 5.73. The number of aliphatic carboxylic acids is 1. The number of alkyl halides is 3. The molecule has 3 heterocycles. The Morgan fingerprint density at radius 3 is 2.44 bits per heavy atom. The molecule has 0 aromatic heterocycles. The molecule has 0 unspecified atom stereocenters. The van der Waals surface area contributed by atoms with E-state index in [2.05, 4.69) is 17.1 Å². The van der Waals surface area contributed by atoms with Crippen LogP contribution in [0, 0.1) is 5.92 Å². The molecule has 0 spiro atoms. The van der Waals surface area contributed by atoms with Gasteiger partial charge in [0.2, 0.25) is 0 Å². The summed E-state index contributed by atoms with van der Waals surface area (Å²) >= 11 is 0. The zero-order chi connectivity index (χ0) is 18.4. The summed E-state index contributed by atoms with van der Waals surface area (Å²) in [5.74, 6) is -1.80. The van der Waals surface area contributed by atoms with Gasteiger partial charge in [0, 0.05) is 18.1 Å². The van der Waals surface area contributed by atoms with E-state index in [-0.39, 0.29) is 0 Å². The molecule has 0 amide bonds. The minimum Gasteiger partial charge on any atom is -0.475 e. The largest absolute Gasteiger partial charge is 0.490 e. The molecule has 3 aliphatic heterocycles. The second kappa shape index (κ2) is 9.21. The van der Waals surface area contributed by atoms with E-state index >= 15 is 0 Å². The zero-order valence-electron chi connectivity index (χ0n) is 15.0. The maximum absolute atomic E-state index is 10.6. The van der Waals surface area contributed by atoms with Crippen molar-refractivity contribution in [2.24, 2.45) is 5.92 Å². The topological polar surface area (TPSA) is 52.6 Å². The van der Waals surface area contributed by atoms with Crippen LogP contribution in [0.5, 0.6) is 0 Å². The van der Waals surface area contributed by atoms with E-state index in [1.54, 1.807) is 0 Å². The maximum atomic E-state index is 10.6. The quantitative estimate of drug-likeness (QED) is 0.782. The lowest BCUT2D eigenvalue weighted by Crippen LogP contribution is -2.53. The van der Waals surface area contributed by atoms with Gasteiger partial charge in [-0.15, -0.1) is 0 Å². The van der Waals surface area contributed by atoms with Crippen molar-refractivity contribution in [1.29, 1.82) is 0 Å². The third-order valence-corrected chi connectivity index (χ3v) is 5.70. The number of hydrogen-bond donors (Lipinski definition) is 2. The predicted octanol–water partition coefficient (Wildman–Crippen LogP) is 3.80. The minimum atomic E-state index is -5.08. The van der Waals surface area contributed by atoms with Crippen LogP contribution in [0.15, 0.2) is 0 Å². The Kier molecular flexibility index (Phi) is 7.55. The highest BCUT2D eigenvalue weighted by Gasteiger charge is 2.38. The summed E-state index contributed by atoms with van der Waals surface area (Å²) in [7, 11) is 0. The Morgan fingerprint density at radius 1 is 1.16 bits per heavy atom. The number of hydrogen-bond acceptors (Lipinski definition) is 3. The summed E-state index contributed by atoms with van der Waals surface area (Å²) in [4.78, 5) is 11.8. The molecule has 0 radical (unpaired) electrons. The fraction of sp³-hybridized carbons (Fsp3) is 0.944. The van der Waals surface area contributed by atoms with Crippen molar-refractivity contribution in [1.82, 2.24) is 10.2 Å². The molecule has 3 rings (SSSR count). The van der Waals surface area contributed by atoms with E-state index in [1.807, 2.05) is 0 Å². The van der Waals surface area contributed by atoms with Crippen LogP contribution < -0.4 is 5.32 Å². The number of rotatable bonds is 2. The van der Waals surface area contributed by atoms with Gasteiger partial charge in [-0.2, -0.15) is 13.2 Å². The van der Waals surface area contributed by atoms with Crippen molar-refractivity contribution in [2.45, 2.75) is 89.0 Å². The third kappa shape index (κ3) is 6.44. The van der Waals surface area contributed by atoms with Crippen molar-refractivity contribution in [3.05, 3.63) is 0 Å². The Labute approximate surface area is 148 Å². The Bertz CT molecular complexity index is 425. The summed E-state index contributed by atoms with van der Waals surface area (Å²) in [6.45, 7) is 5.12. The lowest BCUT2D eigenvalue weighted by molar-refractivity contribution is -0.192. The van der Waals surface area contributed by atoms with E-state index in [0.717, 1.165) is 24.0 Å². The fourth-order valence-electron chi connectivity index (χ4n) is 4.60. The molecule has 0 aromatic carbocycles. The first kappa shape index (κ1) is 20.5. The number of fused-ring (bicyclic) bond motifs is 1. The van der Waals surface area contributed by atoms with E-state index in [1.165, 1.54) is 70.9 Å². The molecule has 0 aromatic rings. The number of carboxylic acids is 1. The number of nitrogens with one attached hydrogen (secondary N) is 1. The minimum absolute atomic E-state index is 0.816. The highest BCUT2D eigenvalue weighted by atomic mass is 19.4. The van der Waals surface area contributed by atoms with Gasteiger partial charge in [0.1, 0.15) is 0 Å². The molecule has 2 N–H and O–H groups in total. The Hall–Kier alpha value is -0.820. The summed E-state index contributed by atoms with van der Waals surface area (Å²) < 4.78 is 31.7. The van der Waals surface area contributed by atoms with Crippen LogP contribution in [0.25, 0.3) is 0 Å². The van der Waals surface area contributed by atoms with Gasteiger partial charge in [0.05, 0.1) is 0 Å². The number of carboxylic acid groups (broad SMARTS) is 1. The average Bonchev–Trinajstić information content (AvgIpc) is 2.55. The van der Waals surface area contributed by atoms with Crippen LogP contribution >= 0.6 is 0 Å². The van der Waals surface area contributed by atoms with Gasteiger partial charge >= 0.3 is 12.1 Å². The predicted molar refractivity (Wildman–Crippen MR) is 90.5 cm³/mol. The van der Waals surface area contributed by atoms with Crippen LogP contribution in [0.1, 0.15) is 64.7 Å². The van der Waals surface area contributed by atoms with Gasteiger partial charge in [-0.1, -0.05) is 19.8 Å². The van der Waals surface area contributed by atoms with E-state index in [0.29, 0.717) is 0 Å². The normalized spacial score (nSPS) is 33.8. The summed E-state index contributed by atoms with van der Waals surface area (Å²) in [5.41, 5.74) is 0. The number of piperidine rings is 3. The monoisotopic (exact) mass is 364 g/mol. The number of halogens is 3. The Balaban J connectivity index is 0.000000277. The lowest BCUT2D eigenvalue weighted by atomic mass is 9.80. The van der Waals surface area contributed by atoms with Gasteiger partial charge in [-0.25, -0.2) is 4.79 Å². The molecular formula is C18H31F3N2O2. The van der Waals surface area contributed by atoms with E-state index in [4.69, 9.17) is 9.90 Å². The summed E-state index contributed by atoms with van der Waals surface area (Å²) in [6, 6.07) is 2.63. The zero-order valence-corrected chi connectivity index (χ0v) is 15.0. The van der Waals surface area contributed by atoms with Crippen LogP contribution in [0.2, 0.25) is 0 Å². The van der Waals surface area contributed by atoms with Crippen LogP contribution in [0.4, 0.5) is 13.2 Å². The summed E-state index contributed by atoms with van der Waals surface area (Å²) in [5, 5.41) is 10.9. The smallest absolute Gasteiger partial charge is 0.475 e. The van der Waals surface area contributed by atoms with E-state index < -0.39 is 12.1 Å². The van der Waals surface area contributed by atoms with Crippen molar-refractivity contribution in [3.8, 4) is 0 Å². The third-order valence-electron chi connectivity index (χ3n) is 5.70. The SMILES string of the molecule is C[C@@H]1C[C@H](C[C@@H]2CCCCN2)N2CCCC[C@H]2C1.O=C(O)C(F)(F)F. The van der Waals surface area contributed by atoms with Gasteiger partial charge < -0.3 is 10.4 Å². The average molecular weight is 364 g/mol. The van der Waals surface area contributed by atoms with Crippen LogP contribution in [-0.4, -0.2) is 53.4 Å². The molecule has 4 atom stereocenters. The molecule has 3 aliphatic rings. The molecule has 146 valence electrons. The van der Waals surface area contributed by atoms with Gasteiger partial charge in [-0.3, -0.25) is 4.90 Å².